The Hall–Kier alpha value is -1.92. The van der Waals surface area contributed by atoms with Crippen LogP contribution in [0.15, 0.2) is 23.4 Å². The first-order valence-electron chi connectivity index (χ1n) is 5.22. The number of hydrogen-bond donors (Lipinski definition) is 3. The monoisotopic (exact) mass is 261 g/mol. The summed E-state index contributed by atoms with van der Waals surface area (Å²) in [6.45, 7) is 1.99. The molecule has 0 spiro atoms. The Morgan fingerprint density at radius 1 is 1.44 bits per heavy atom. The van der Waals surface area contributed by atoms with Gasteiger partial charge >= 0.3 is 6.18 Å². The van der Waals surface area contributed by atoms with E-state index in [1.54, 1.807) is 6.92 Å². The number of benzene rings is 1. The first-order chi connectivity index (χ1) is 8.34. The number of hydrogen-bond acceptors (Lipinski definition) is 3. The van der Waals surface area contributed by atoms with Crippen molar-refractivity contribution in [1.29, 1.82) is 0 Å². The van der Waals surface area contributed by atoms with Gasteiger partial charge in [0.05, 0.1) is 5.56 Å². The van der Waals surface area contributed by atoms with Gasteiger partial charge in [0.2, 0.25) is 0 Å². The summed E-state index contributed by atoms with van der Waals surface area (Å²) < 4.78 is 37.5. The van der Waals surface area contributed by atoms with Crippen molar-refractivity contribution < 1.29 is 18.4 Å². The number of nitrogens with two attached hydrogens (primary N) is 1. The Bertz CT molecular complexity index is 444. The molecule has 1 aromatic carbocycles. The summed E-state index contributed by atoms with van der Waals surface area (Å²) >= 11 is 0. The maximum absolute atomic E-state index is 12.5. The first kappa shape index (κ1) is 14.1. The molecule has 0 saturated carbocycles. The van der Waals surface area contributed by atoms with Crippen LogP contribution in [0.4, 0.5) is 18.9 Å². The summed E-state index contributed by atoms with van der Waals surface area (Å²) in [7, 11) is 0. The number of aryl methyl sites for hydroxylation is 1. The van der Waals surface area contributed by atoms with Crippen LogP contribution in [-0.4, -0.2) is 17.6 Å². The SMILES string of the molecule is Cc1ccc(C(F)(F)F)cc1NCCC(N)=NO. The molecule has 0 saturated heterocycles. The molecule has 18 heavy (non-hydrogen) atoms. The molecule has 4 nitrogen and oxygen atoms in total. The lowest BCUT2D eigenvalue weighted by Gasteiger charge is -2.13. The van der Waals surface area contributed by atoms with Gasteiger partial charge in [0, 0.05) is 18.7 Å². The van der Waals surface area contributed by atoms with Crippen molar-refractivity contribution in [2.75, 3.05) is 11.9 Å². The summed E-state index contributed by atoms with van der Waals surface area (Å²) in [6, 6.07) is 3.47. The summed E-state index contributed by atoms with van der Waals surface area (Å²) in [5.41, 5.74) is 5.63. The topological polar surface area (TPSA) is 70.6 Å². The molecule has 1 aromatic rings. The van der Waals surface area contributed by atoms with Crippen molar-refractivity contribution in [3.05, 3.63) is 29.3 Å². The number of oxime groups is 1. The fraction of sp³-hybridized carbons (Fsp3) is 0.364. The van der Waals surface area contributed by atoms with Crippen LogP contribution in [0.1, 0.15) is 17.5 Å². The molecule has 0 radical (unpaired) electrons. The Balaban J connectivity index is 2.76. The second kappa shape index (κ2) is 5.61. The minimum Gasteiger partial charge on any atom is -0.409 e. The van der Waals surface area contributed by atoms with Crippen LogP contribution < -0.4 is 11.1 Å². The highest BCUT2D eigenvalue weighted by atomic mass is 19.4. The largest absolute Gasteiger partial charge is 0.416 e. The van der Waals surface area contributed by atoms with Crippen molar-refractivity contribution in [2.24, 2.45) is 10.9 Å². The van der Waals surface area contributed by atoms with Gasteiger partial charge in [-0.25, -0.2) is 0 Å². The molecule has 0 aromatic heterocycles. The molecule has 0 aliphatic heterocycles. The Labute approximate surface area is 102 Å². The quantitative estimate of drug-likeness (QED) is 0.337. The van der Waals surface area contributed by atoms with Gasteiger partial charge in [-0.05, 0) is 24.6 Å². The van der Waals surface area contributed by atoms with Gasteiger partial charge in [0.15, 0.2) is 0 Å². The molecule has 0 fully saturated rings. The third kappa shape index (κ3) is 3.83. The Morgan fingerprint density at radius 2 is 2.11 bits per heavy atom. The minimum atomic E-state index is -4.37. The smallest absolute Gasteiger partial charge is 0.409 e. The van der Waals surface area contributed by atoms with Crippen molar-refractivity contribution in [3.63, 3.8) is 0 Å². The zero-order chi connectivity index (χ0) is 13.8. The van der Waals surface area contributed by atoms with Gasteiger partial charge in [-0.1, -0.05) is 11.2 Å². The number of rotatable bonds is 4. The second-order valence-corrected chi connectivity index (χ2v) is 3.80. The van der Waals surface area contributed by atoms with E-state index < -0.39 is 11.7 Å². The molecule has 100 valence electrons. The molecule has 0 aliphatic carbocycles. The summed E-state index contributed by atoms with van der Waals surface area (Å²) in [6.07, 6.45) is -4.12. The number of nitrogens with zero attached hydrogens (tertiary/aromatic N) is 1. The number of anilines is 1. The van der Waals surface area contributed by atoms with Crippen molar-refractivity contribution in [1.82, 2.24) is 0 Å². The lowest BCUT2D eigenvalue weighted by Crippen LogP contribution is -2.17. The van der Waals surface area contributed by atoms with Crippen LogP contribution in [0.25, 0.3) is 0 Å². The molecule has 1 rings (SSSR count). The van der Waals surface area contributed by atoms with Gasteiger partial charge < -0.3 is 16.3 Å². The molecule has 0 bridgehead atoms. The van der Waals surface area contributed by atoms with E-state index in [2.05, 4.69) is 10.5 Å². The predicted molar refractivity (Wildman–Crippen MR) is 62.7 cm³/mol. The average molecular weight is 261 g/mol. The predicted octanol–water partition coefficient (Wildman–Crippen LogP) is 2.56. The third-order valence-electron chi connectivity index (χ3n) is 2.39. The number of amidine groups is 1. The van der Waals surface area contributed by atoms with E-state index in [9.17, 15) is 13.2 Å². The van der Waals surface area contributed by atoms with Crippen molar-refractivity contribution in [2.45, 2.75) is 19.5 Å². The normalized spacial score (nSPS) is 12.6. The number of alkyl halides is 3. The maximum Gasteiger partial charge on any atom is 0.416 e. The molecule has 0 atom stereocenters. The molecule has 7 heteroatoms. The van der Waals surface area contributed by atoms with Crippen LogP contribution in [-0.2, 0) is 6.18 Å². The lowest BCUT2D eigenvalue weighted by atomic mass is 10.1. The Kier molecular flexibility index (Phi) is 4.41. The zero-order valence-corrected chi connectivity index (χ0v) is 9.75. The van der Waals surface area contributed by atoms with E-state index in [1.807, 2.05) is 0 Å². The second-order valence-electron chi connectivity index (χ2n) is 3.80. The molecule has 4 N–H and O–H groups in total. The Morgan fingerprint density at radius 3 is 2.67 bits per heavy atom. The van der Waals surface area contributed by atoms with Crippen molar-refractivity contribution >= 4 is 11.5 Å². The fourth-order valence-electron chi connectivity index (χ4n) is 1.36. The van der Waals surface area contributed by atoms with Gasteiger partial charge in [0.1, 0.15) is 5.84 Å². The third-order valence-corrected chi connectivity index (χ3v) is 2.39. The summed E-state index contributed by atoms with van der Waals surface area (Å²) in [5, 5.41) is 13.9. The van der Waals surface area contributed by atoms with E-state index in [0.717, 1.165) is 12.1 Å². The van der Waals surface area contributed by atoms with Crippen LogP contribution in [0.3, 0.4) is 0 Å². The van der Waals surface area contributed by atoms with Gasteiger partial charge in [0.25, 0.3) is 0 Å². The highest BCUT2D eigenvalue weighted by molar-refractivity contribution is 5.80. The van der Waals surface area contributed by atoms with Gasteiger partial charge in [-0.15, -0.1) is 0 Å². The standard InChI is InChI=1S/C11H14F3N3O/c1-7-2-3-8(11(12,13)14)6-9(7)16-5-4-10(15)17-18/h2-3,6,16,18H,4-5H2,1H3,(H2,15,17). The van der Waals surface area contributed by atoms with E-state index in [1.165, 1.54) is 6.07 Å². The van der Waals surface area contributed by atoms with E-state index in [-0.39, 0.29) is 18.8 Å². The van der Waals surface area contributed by atoms with E-state index in [0.29, 0.717) is 11.3 Å². The molecular formula is C11H14F3N3O. The van der Waals surface area contributed by atoms with Crippen molar-refractivity contribution in [3.8, 4) is 0 Å². The molecule has 0 aliphatic rings. The molecular weight excluding hydrogens is 247 g/mol. The van der Waals surface area contributed by atoms with E-state index >= 15 is 0 Å². The van der Waals surface area contributed by atoms with Crippen LogP contribution in [0.2, 0.25) is 0 Å². The average Bonchev–Trinajstić information content (AvgIpc) is 2.29. The molecule has 0 unspecified atom stereocenters. The fourth-order valence-corrected chi connectivity index (χ4v) is 1.36. The van der Waals surface area contributed by atoms with Gasteiger partial charge in [-0.2, -0.15) is 13.2 Å². The maximum atomic E-state index is 12.5. The highest BCUT2D eigenvalue weighted by Gasteiger charge is 2.30. The lowest BCUT2D eigenvalue weighted by molar-refractivity contribution is -0.137. The highest BCUT2D eigenvalue weighted by Crippen LogP contribution is 2.31. The van der Waals surface area contributed by atoms with Crippen LogP contribution in [0.5, 0.6) is 0 Å². The number of halogens is 3. The molecule has 0 heterocycles. The van der Waals surface area contributed by atoms with E-state index in [4.69, 9.17) is 10.9 Å². The minimum absolute atomic E-state index is 0.0205. The number of nitrogens with one attached hydrogen (secondary N) is 1. The summed E-state index contributed by atoms with van der Waals surface area (Å²) in [4.78, 5) is 0. The zero-order valence-electron chi connectivity index (χ0n) is 9.75. The van der Waals surface area contributed by atoms with Crippen LogP contribution >= 0.6 is 0 Å². The molecule has 0 amide bonds. The first-order valence-corrected chi connectivity index (χ1v) is 5.22. The van der Waals surface area contributed by atoms with Crippen LogP contribution in [0, 0.1) is 6.92 Å². The summed E-state index contributed by atoms with van der Waals surface area (Å²) in [5.74, 6) is 0.0205. The van der Waals surface area contributed by atoms with Gasteiger partial charge in [-0.3, -0.25) is 0 Å².